The lowest BCUT2D eigenvalue weighted by atomic mass is 9.99. The van der Waals surface area contributed by atoms with E-state index in [9.17, 15) is 4.39 Å². The smallest absolute Gasteiger partial charge is 0.129 e. The first-order valence-electron chi connectivity index (χ1n) is 6.07. The molecule has 2 rings (SSSR count). The van der Waals surface area contributed by atoms with Gasteiger partial charge in [-0.2, -0.15) is 0 Å². The van der Waals surface area contributed by atoms with Gasteiger partial charge in [0.15, 0.2) is 0 Å². The third-order valence-electron chi connectivity index (χ3n) is 3.23. The lowest BCUT2D eigenvalue weighted by Crippen LogP contribution is -1.98. The molecule has 0 aliphatic carbocycles. The van der Waals surface area contributed by atoms with Gasteiger partial charge in [0, 0.05) is 4.47 Å². The monoisotopic (exact) mass is 384 g/mol. The summed E-state index contributed by atoms with van der Waals surface area (Å²) in [5, 5.41) is 0. The van der Waals surface area contributed by atoms with Gasteiger partial charge in [-0.05, 0) is 54.7 Å². The van der Waals surface area contributed by atoms with Crippen molar-refractivity contribution in [2.75, 3.05) is 0 Å². The second-order valence-corrected chi connectivity index (χ2v) is 6.61. The predicted octanol–water partition coefficient (Wildman–Crippen LogP) is 6.00. The Morgan fingerprint density at radius 3 is 1.95 bits per heavy atom. The molecule has 0 spiro atoms. The van der Waals surface area contributed by atoms with Crippen molar-refractivity contribution < 1.29 is 4.39 Å². The van der Waals surface area contributed by atoms with Crippen molar-refractivity contribution >= 4 is 31.9 Å². The van der Waals surface area contributed by atoms with Crippen LogP contribution in [0.4, 0.5) is 4.39 Å². The Labute approximate surface area is 130 Å². The van der Waals surface area contributed by atoms with Crippen LogP contribution in [-0.4, -0.2) is 0 Å². The van der Waals surface area contributed by atoms with Gasteiger partial charge in [-0.25, -0.2) is 4.39 Å². The Balaban J connectivity index is 2.43. The average Bonchev–Trinajstić information content (AvgIpc) is 2.37. The topological polar surface area (TPSA) is 0 Å². The molecule has 0 saturated carbocycles. The molecule has 0 radical (unpaired) electrons. The van der Waals surface area contributed by atoms with E-state index >= 15 is 0 Å². The molecule has 1 unspecified atom stereocenters. The van der Waals surface area contributed by atoms with Crippen molar-refractivity contribution in [1.82, 2.24) is 0 Å². The van der Waals surface area contributed by atoms with Crippen molar-refractivity contribution in [2.45, 2.75) is 25.6 Å². The summed E-state index contributed by atoms with van der Waals surface area (Å²) in [5.74, 6) is -0.115. The van der Waals surface area contributed by atoms with Gasteiger partial charge in [0.05, 0.1) is 4.83 Å². The van der Waals surface area contributed by atoms with E-state index in [1.54, 1.807) is 13.8 Å². The van der Waals surface area contributed by atoms with Crippen LogP contribution in [0.1, 0.15) is 32.6 Å². The van der Waals surface area contributed by atoms with Crippen molar-refractivity contribution in [3.8, 4) is 0 Å². The third kappa shape index (κ3) is 3.09. The SMILES string of the molecule is Cc1cc(C(Br)c2cc(C)c(F)c(C)c2)ccc1Br. The van der Waals surface area contributed by atoms with E-state index in [4.69, 9.17) is 0 Å². The van der Waals surface area contributed by atoms with Crippen LogP contribution in [0.3, 0.4) is 0 Å². The normalized spacial score (nSPS) is 12.5. The van der Waals surface area contributed by atoms with Crippen LogP contribution in [0.2, 0.25) is 0 Å². The number of halogens is 3. The summed E-state index contributed by atoms with van der Waals surface area (Å²) in [5.41, 5.74) is 4.82. The van der Waals surface area contributed by atoms with Crippen molar-refractivity contribution in [3.05, 3.63) is 68.4 Å². The summed E-state index contributed by atoms with van der Waals surface area (Å²) in [6.07, 6.45) is 0. The van der Waals surface area contributed by atoms with Crippen molar-refractivity contribution in [1.29, 1.82) is 0 Å². The van der Waals surface area contributed by atoms with Crippen LogP contribution in [0.15, 0.2) is 34.8 Å². The predicted molar refractivity (Wildman–Crippen MR) is 85.5 cm³/mol. The lowest BCUT2D eigenvalue weighted by molar-refractivity contribution is 0.608. The maximum atomic E-state index is 13.7. The maximum Gasteiger partial charge on any atom is 0.129 e. The summed E-state index contributed by atoms with van der Waals surface area (Å²) in [6, 6.07) is 10.1. The molecule has 0 N–H and O–H groups in total. The first-order valence-corrected chi connectivity index (χ1v) is 7.77. The van der Waals surface area contributed by atoms with Gasteiger partial charge in [0.25, 0.3) is 0 Å². The van der Waals surface area contributed by atoms with Crippen LogP contribution >= 0.6 is 31.9 Å². The molecule has 0 amide bonds. The van der Waals surface area contributed by atoms with Crippen LogP contribution in [-0.2, 0) is 0 Å². The molecule has 0 nitrogen and oxygen atoms in total. The molecule has 100 valence electrons. The Morgan fingerprint density at radius 2 is 1.42 bits per heavy atom. The summed E-state index contributed by atoms with van der Waals surface area (Å²) >= 11 is 7.21. The number of hydrogen-bond donors (Lipinski definition) is 0. The van der Waals surface area contributed by atoms with Crippen LogP contribution in [0.25, 0.3) is 0 Å². The largest absolute Gasteiger partial charge is 0.206 e. The molecule has 2 aromatic rings. The quantitative estimate of drug-likeness (QED) is 0.556. The standard InChI is InChI=1S/C16H15Br2F/c1-9-6-12(4-5-14(9)17)15(18)13-7-10(2)16(19)11(3)8-13/h4-8,15H,1-3H3. The average molecular weight is 386 g/mol. The Hall–Kier alpha value is -0.670. The van der Waals surface area contributed by atoms with E-state index in [0.717, 1.165) is 10.0 Å². The minimum Gasteiger partial charge on any atom is -0.206 e. The molecule has 0 aromatic heterocycles. The number of rotatable bonds is 2. The van der Waals surface area contributed by atoms with Gasteiger partial charge in [-0.3, -0.25) is 0 Å². The summed E-state index contributed by atoms with van der Waals surface area (Å²) in [6.45, 7) is 5.67. The molecule has 0 heterocycles. The molecule has 19 heavy (non-hydrogen) atoms. The molecule has 0 fully saturated rings. The van der Waals surface area contributed by atoms with Crippen LogP contribution in [0.5, 0.6) is 0 Å². The Morgan fingerprint density at radius 1 is 0.895 bits per heavy atom. The Kier molecular flexibility index (Phi) is 4.46. The van der Waals surface area contributed by atoms with Crippen LogP contribution in [0, 0.1) is 26.6 Å². The van der Waals surface area contributed by atoms with Crippen molar-refractivity contribution in [2.24, 2.45) is 0 Å². The van der Waals surface area contributed by atoms with Gasteiger partial charge in [0.1, 0.15) is 5.82 Å². The van der Waals surface area contributed by atoms with Gasteiger partial charge in [-0.1, -0.05) is 56.1 Å². The highest BCUT2D eigenvalue weighted by Gasteiger charge is 2.14. The van der Waals surface area contributed by atoms with Crippen molar-refractivity contribution in [3.63, 3.8) is 0 Å². The fraction of sp³-hybridized carbons (Fsp3) is 0.250. The molecule has 2 aromatic carbocycles. The maximum absolute atomic E-state index is 13.7. The van der Waals surface area contributed by atoms with E-state index in [1.165, 1.54) is 11.1 Å². The number of benzene rings is 2. The fourth-order valence-electron chi connectivity index (χ4n) is 2.14. The fourth-order valence-corrected chi connectivity index (χ4v) is 2.94. The zero-order valence-electron chi connectivity index (χ0n) is 11.1. The zero-order valence-corrected chi connectivity index (χ0v) is 14.3. The van der Waals surface area contributed by atoms with Crippen LogP contribution < -0.4 is 0 Å². The molecule has 0 saturated heterocycles. The molecule has 0 bridgehead atoms. The number of hydrogen-bond acceptors (Lipinski definition) is 0. The summed E-state index contributed by atoms with van der Waals surface area (Å²) in [4.78, 5) is 0.0808. The molecule has 0 aliphatic rings. The minimum atomic E-state index is -0.115. The first-order chi connectivity index (χ1) is 8.90. The van der Waals surface area contributed by atoms with E-state index in [1.807, 2.05) is 18.2 Å². The zero-order chi connectivity index (χ0) is 14.2. The molecular weight excluding hydrogens is 371 g/mol. The van der Waals surface area contributed by atoms with Gasteiger partial charge in [0.2, 0.25) is 0 Å². The molecule has 0 aliphatic heterocycles. The second-order valence-electron chi connectivity index (χ2n) is 4.84. The summed E-state index contributed by atoms with van der Waals surface area (Å²) in [7, 11) is 0. The highest BCUT2D eigenvalue weighted by Crippen LogP contribution is 2.34. The third-order valence-corrected chi connectivity index (χ3v) is 5.17. The molecular formula is C16H15Br2F. The summed E-state index contributed by atoms with van der Waals surface area (Å²) < 4.78 is 14.8. The van der Waals surface area contributed by atoms with Gasteiger partial charge >= 0.3 is 0 Å². The Bertz CT molecular complexity index is 597. The lowest BCUT2D eigenvalue weighted by Gasteiger charge is -2.14. The van der Waals surface area contributed by atoms with Gasteiger partial charge in [-0.15, -0.1) is 0 Å². The van der Waals surface area contributed by atoms with E-state index in [0.29, 0.717) is 11.1 Å². The van der Waals surface area contributed by atoms with Gasteiger partial charge < -0.3 is 0 Å². The first kappa shape index (κ1) is 14.7. The molecule has 3 heteroatoms. The van der Waals surface area contributed by atoms with E-state index < -0.39 is 0 Å². The highest BCUT2D eigenvalue weighted by molar-refractivity contribution is 9.10. The van der Waals surface area contributed by atoms with E-state index in [2.05, 4.69) is 50.9 Å². The highest BCUT2D eigenvalue weighted by atomic mass is 79.9. The van der Waals surface area contributed by atoms with E-state index in [-0.39, 0.29) is 10.6 Å². The second kappa shape index (κ2) is 5.76. The number of alkyl halides is 1. The molecule has 1 atom stereocenters. The minimum absolute atomic E-state index is 0.0808. The number of aryl methyl sites for hydroxylation is 3.